The third kappa shape index (κ3) is 2.83. The largest absolute Gasteiger partial charge is 0.508 e. The summed E-state index contributed by atoms with van der Waals surface area (Å²) in [6.45, 7) is 1.90. The SMILES string of the molecule is Cc1ccc2oc3c(c(=O)c2c1)C(c1cccc(O)c1)N(c1ccc(Br)cc1)C3=O. The molecular formula is C24H16BrNO4. The second-order valence-electron chi connectivity index (χ2n) is 7.32. The highest BCUT2D eigenvalue weighted by Crippen LogP contribution is 2.42. The number of hydrogen-bond acceptors (Lipinski definition) is 4. The molecule has 2 heterocycles. The van der Waals surface area contributed by atoms with Gasteiger partial charge in [-0.05, 0) is 61.0 Å². The number of rotatable bonds is 2. The van der Waals surface area contributed by atoms with Crippen LogP contribution in [0.2, 0.25) is 0 Å². The topological polar surface area (TPSA) is 70.8 Å². The molecule has 0 saturated heterocycles. The summed E-state index contributed by atoms with van der Waals surface area (Å²) in [5.74, 6) is -0.293. The van der Waals surface area contributed by atoms with Crippen molar-refractivity contribution in [3.8, 4) is 5.75 Å². The van der Waals surface area contributed by atoms with Crippen molar-refractivity contribution in [1.29, 1.82) is 0 Å². The molecule has 0 aliphatic carbocycles. The van der Waals surface area contributed by atoms with Gasteiger partial charge in [0.1, 0.15) is 11.3 Å². The Morgan fingerprint density at radius 1 is 1.00 bits per heavy atom. The Hall–Kier alpha value is -3.38. The Balaban J connectivity index is 1.83. The van der Waals surface area contributed by atoms with Crippen molar-refractivity contribution in [2.75, 3.05) is 4.90 Å². The van der Waals surface area contributed by atoms with Crippen LogP contribution in [0.15, 0.2) is 80.4 Å². The number of carbonyl (C=O) groups is 1. The lowest BCUT2D eigenvalue weighted by Crippen LogP contribution is -2.29. The summed E-state index contributed by atoms with van der Waals surface area (Å²) in [6, 6.07) is 18.5. The Morgan fingerprint density at radius 3 is 2.50 bits per heavy atom. The lowest BCUT2D eigenvalue weighted by molar-refractivity contribution is 0.0971. The van der Waals surface area contributed by atoms with Gasteiger partial charge in [0.2, 0.25) is 5.76 Å². The maximum absolute atomic E-state index is 13.5. The normalized spacial score (nSPS) is 15.6. The third-order valence-corrected chi connectivity index (χ3v) is 5.85. The lowest BCUT2D eigenvalue weighted by atomic mass is 9.97. The average molecular weight is 462 g/mol. The molecule has 0 bridgehead atoms. The number of phenolic OH excluding ortho intramolecular Hbond substituents is 1. The van der Waals surface area contributed by atoms with E-state index in [2.05, 4.69) is 15.9 Å². The van der Waals surface area contributed by atoms with Crippen LogP contribution in [-0.4, -0.2) is 11.0 Å². The van der Waals surface area contributed by atoms with E-state index in [1.54, 1.807) is 53.4 Å². The summed E-state index contributed by atoms with van der Waals surface area (Å²) in [7, 11) is 0. The zero-order valence-corrected chi connectivity index (χ0v) is 17.5. The first kappa shape index (κ1) is 18.6. The first-order chi connectivity index (χ1) is 14.4. The zero-order chi connectivity index (χ0) is 21.0. The molecule has 0 saturated carbocycles. The summed E-state index contributed by atoms with van der Waals surface area (Å²) in [5.41, 5.74) is 2.61. The smallest absolute Gasteiger partial charge is 0.295 e. The van der Waals surface area contributed by atoms with Crippen LogP contribution in [0.25, 0.3) is 11.0 Å². The van der Waals surface area contributed by atoms with Gasteiger partial charge in [0.15, 0.2) is 5.43 Å². The van der Waals surface area contributed by atoms with Gasteiger partial charge in [-0.2, -0.15) is 0 Å². The maximum Gasteiger partial charge on any atom is 0.295 e. The molecule has 1 aliphatic rings. The number of hydrogen-bond donors (Lipinski definition) is 1. The predicted octanol–water partition coefficient (Wildman–Crippen LogP) is 5.32. The number of anilines is 1. The number of aromatic hydroxyl groups is 1. The molecule has 3 aromatic carbocycles. The predicted molar refractivity (Wildman–Crippen MR) is 118 cm³/mol. The van der Waals surface area contributed by atoms with Crippen molar-refractivity contribution in [2.24, 2.45) is 0 Å². The molecule has 30 heavy (non-hydrogen) atoms. The number of halogens is 1. The molecule has 1 aliphatic heterocycles. The van der Waals surface area contributed by atoms with Crippen LogP contribution >= 0.6 is 15.9 Å². The minimum atomic E-state index is -0.707. The quantitative estimate of drug-likeness (QED) is 0.438. The van der Waals surface area contributed by atoms with Crippen LogP contribution in [0.5, 0.6) is 5.75 Å². The van der Waals surface area contributed by atoms with Crippen LogP contribution in [0, 0.1) is 6.92 Å². The summed E-state index contributed by atoms with van der Waals surface area (Å²) < 4.78 is 6.82. The maximum atomic E-state index is 13.5. The summed E-state index contributed by atoms with van der Waals surface area (Å²) >= 11 is 3.41. The van der Waals surface area contributed by atoms with Gasteiger partial charge in [-0.1, -0.05) is 39.7 Å². The van der Waals surface area contributed by atoms with E-state index in [1.807, 2.05) is 25.1 Å². The van der Waals surface area contributed by atoms with Crippen LogP contribution in [-0.2, 0) is 0 Å². The van der Waals surface area contributed by atoms with E-state index in [4.69, 9.17) is 4.42 Å². The summed E-state index contributed by atoms with van der Waals surface area (Å²) in [6.07, 6.45) is 0. The highest BCUT2D eigenvalue weighted by Gasteiger charge is 2.43. The molecule has 1 amide bonds. The number of amides is 1. The van der Waals surface area contributed by atoms with Gasteiger partial charge < -0.3 is 9.52 Å². The average Bonchev–Trinajstić information content (AvgIpc) is 3.02. The molecule has 0 radical (unpaired) electrons. The number of phenols is 1. The fourth-order valence-corrected chi connectivity index (χ4v) is 4.23. The fraction of sp³-hybridized carbons (Fsp3) is 0.0833. The van der Waals surface area contributed by atoms with E-state index < -0.39 is 6.04 Å². The Labute approximate surface area is 180 Å². The van der Waals surface area contributed by atoms with Gasteiger partial charge in [0.05, 0.1) is 17.0 Å². The van der Waals surface area contributed by atoms with Crippen molar-refractivity contribution in [2.45, 2.75) is 13.0 Å². The van der Waals surface area contributed by atoms with Crippen LogP contribution in [0.1, 0.15) is 33.3 Å². The molecule has 1 N–H and O–H groups in total. The monoisotopic (exact) mass is 461 g/mol. The van der Waals surface area contributed by atoms with Crippen molar-refractivity contribution in [3.63, 3.8) is 0 Å². The zero-order valence-electron chi connectivity index (χ0n) is 15.9. The number of aryl methyl sites for hydroxylation is 1. The fourth-order valence-electron chi connectivity index (χ4n) is 3.96. The number of fused-ring (bicyclic) bond motifs is 2. The van der Waals surface area contributed by atoms with E-state index in [0.29, 0.717) is 22.2 Å². The van der Waals surface area contributed by atoms with E-state index in [-0.39, 0.29) is 28.4 Å². The van der Waals surface area contributed by atoms with E-state index in [1.165, 1.54) is 0 Å². The minimum Gasteiger partial charge on any atom is -0.508 e. The molecule has 1 unspecified atom stereocenters. The first-order valence-electron chi connectivity index (χ1n) is 9.39. The van der Waals surface area contributed by atoms with E-state index in [9.17, 15) is 14.7 Å². The Bertz CT molecular complexity index is 1370. The number of nitrogens with zero attached hydrogens (tertiary/aromatic N) is 1. The first-order valence-corrected chi connectivity index (χ1v) is 10.2. The summed E-state index contributed by atoms with van der Waals surface area (Å²) in [5, 5.41) is 10.5. The molecule has 1 aromatic heterocycles. The Kier molecular flexibility index (Phi) is 4.25. The van der Waals surface area contributed by atoms with Crippen LogP contribution in [0.4, 0.5) is 5.69 Å². The van der Waals surface area contributed by atoms with E-state index >= 15 is 0 Å². The standard InChI is InChI=1S/C24H16BrNO4/c1-13-5-10-19-18(11-13)22(28)20-21(14-3-2-4-17(27)12-14)26(24(29)23(20)30-19)16-8-6-15(25)7-9-16/h2-12,21,27H,1H3. The van der Waals surface area contributed by atoms with E-state index in [0.717, 1.165) is 10.0 Å². The van der Waals surface area contributed by atoms with Crippen molar-refractivity contribution in [3.05, 3.63) is 104 Å². The Morgan fingerprint density at radius 2 is 1.77 bits per heavy atom. The van der Waals surface area contributed by atoms with Crippen LogP contribution < -0.4 is 10.3 Å². The lowest BCUT2D eigenvalue weighted by Gasteiger charge is -2.25. The molecule has 1 atom stereocenters. The van der Waals surface area contributed by atoms with Gasteiger partial charge in [-0.25, -0.2) is 0 Å². The molecule has 4 aromatic rings. The van der Waals surface area contributed by atoms with Gasteiger partial charge in [-0.15, -0.1) is 0 Å². The molecule has 6 heteroatoms. The molecule has 148 valence electrons. The van der Waals surface area contributed by atoms with Gasteiger partial charge in [-0.3, -0.25) is 14.5 Å². The highest BCUT2D eigenvalue weighted by atomic mass is 79.9. The third-order valence-electron chi connectivity index (χ3n) is 5.32. The van der Waals surface area contributed by atoms with Crippen molar-refractivity contribution in [1.82, 2.24) is 0 Å². The van der Waals surface area contributed by atoms with Crippen molar-refractivity contribution < 1.29 is 14.3 Å². The van der Waals surface area contributed by atoms with Crippen LogP contribution in [0.3, 0.4) is 0 Å². The molecular weight excluding hydrogens is 446 g/mol. The molecule has 5 nitrogen and oxygen atoms in total. The van der Waals surface area contributed by atoms with Gasteiger partial charge >= 0.3 is 0 Å². The highest BCUT2D eigenvalue weighted by molar-refractivity contribution is 9.10. The number of benzene rings is 3. The van der Waals surface area contributed by atoms with Gasteiger partial charge in [0, 0.05) is 10.2 Å². The van der Waals surface area contributed by atoms with Gasteiger partial charge in [0.25, 0.3) is 5.91 Å². The second kappa shape index (κ2) is 6.85. The van der Waals surface area contributed by atoms with Crippen molar-refractivity contribution >= 4 is 38.5 Å². The molecule has 0 fully saturated rings. The molecule has 0 spiro atoms. The minimum absolute atomic E-state index is 0.0348. The summed E-state index contributed by atoms with van der Waals surface area (Å²) in [4.78, 5) is 28.5. The number of carbonyl (C=O) groups excluding carboxylic acids is 1. The second-order valence-corrected chi connectivity index (χ2v) is 8.24. The molecule has 5 rings (SSSR count).